The van der Waals surface area contributed by atoms with Crippen molar-refractivity contribution in [3.8, 4) is 0 Å². The van der Waals surface area contributed by atoms with Crippen LogP contribution in [0.5, 0.6) is 0 Å². The van der Waals surface area contributed by atoms with Gasteiger partial charge in [0.2, 0.25) is 0 Å². The number of guanidine groups is 1. The van der Waals surface area contributed by atoms with Gasteiger partial charge < -0.3 is 24.6 Å². The number of aromatic nitrogens is 1. The average molecular weight is 404 g/mol. The van der Waals surface area contributed by atoms with Gasteiger partial charge in [-0.2, -0.15) is 0 Å². The second-order valence-electron chi connectivity index (χ2n) is 7.59. The summed E-state index contributed by atoms with van der Waals surface area (Å²) < 4.78 is 10.8. The number of hydrogen-bond donors (Lipinski definition) is 1. The fourth-order valence-electron chi connectivity index (χ4n) is 3.87. The molecule has 0 radical (unpaired) electrons. The SMILES string of the molecule is CCOC(=O)C1CCCN(C(=NC)NCc2ccc(N3CCOC(C)C3)nc2)C1. The number of anilines is 1. The molecular formula is C21H33N5O3. The molecule has 29 heavy (non-hydrogen) atoms. The van der Waals surface area contributed by atoms with Crippen LogP contribution < -0.4 is 10.2 Å². The summed E-state index contributed by atoms with van der Waals surface area (Å²) in [5.74, 6) is 1.61. The zero-order valence-corrected chi connectivity index (χ0v) is 17.8. The molecule has 1 aromatic heterocycles. The van der Waals surface area contributed by atoms with Gasteiger partial charge >= 0.3 is 5.97 Å². The molecule has 2 aliphatic rings. The van der Waals surface area contributed by atoms with Gasteiger partial charge in [-0.1, -0.05) is 6.07 Å². The molecule has 0 bridgehead atoms. The quantitative estimate of drug-likeness (QED) is 0.455. The lowest BCUT2D eigenvalue weighted by Crippen LogP contribution is -2.48. The maximum Gasteiger partial charge on any atom is 0.310 e. The fraction of sp³-hybridized carbons (Fsp3) is 0.667. The van der Waals surface area contributed by atoms with Crippen molar-refractivity contribution in [3.05, 3.63) is 23.9 Å². The molecule has 2 atom stereocenters. The van der Waals surface area contributed by atoms with Crippen molar-refractivity contribution < 1.29 is 14.3 Å². The van der Waals surface area contributed by atoms with Gasteiger partial charge in [-0.15, -0.1) is 0 Å². The molecule has 0 saturated carbocycles. The fourth-order valence-corrected chi connectivity index (χ4v) is 3.87. The van der Waals surface area contributed by atoms with Crippen LogP contribution >= 0.6 is 0 Å². The topological polar surface area (TPSA) is 79.3 Å². The predicted octanol–water partition coefficient (Wildman–Crippen LogP) is 1.66. The van der Waals surface area contributed by atoms with Crippen molar-refractivity contribution >= 4 is 17.7 Å². The number of piperidine rings is 1. The van der Waals surface area contributed by atoms with Gasteiger partial charge in [-0.3, -0.25) is 9.79 Å². The third-order valence-corrected chi connectivity index (χ3v) is 5.38. The highest BCUT2D eigenvalue weighted by Gasteiger charge is 2.28. The Morgan fingerprint density at radius 1 is 1.38 bits per heavy atom. The van der Waals surface area contributed by atoms with Gasteiger partial charge in [0.15, 0.2) is 5.96 Å². The summed E-state index contributed by atoms with van der Waals surface area (Å²) in [7, 11) is 1.78. The molecule has 8 heteroatoms. The molecular weight excluding hydrogens is 370 g/mol. The Morgan fingerprint density at radius 3 is 2.93 bits per heavy atom. The smallest absolute Gasteiger partial charge is 0.310 e. The maximum absolute atomic E-state index is 12.1. The van der Waals surface area contributed by atoms with E-state index in [9.17, 15) is 4.79 Å². The van der Waals surface area contributed by atoms with Crippen molar-refractivity contribution in [2.45, 2.75) is 39.3 Å². The summed E-state index contributed by atoms with van der Waals surface area (Å²) in [6, 6.07) is 4.16. The Bertz CT molecular complexity index is 694. The van der Waals surface area contributed by atoms with E-state index in [4.69, 9.17) is 9.47 Å². The minimum atomic E-state index is -0.107. The molecule has 0 aliphatic carbocycles. The molecule has 2 aliphatic heterocycles. The van der Waals surface area contributed by atoms with E-state index >= 15 is 0 Å². The molecule has 8 nitrogen and oxygen atoms in total. The van der Waals surface area contributed by atoms with Crippen LogP contribution in [0.25, 0.3) is 0 Å². The molecule has 160 valence electrons. The highest BCUT2D eigenvalue weighted by molar-refractivity contribution is 5.81. The van der Waals surface area contributed by atoms with Crippen LogP contribution in [0.1, 0.15) is 32.3 Å². The third kappa shape index (κ3) is 5.82. The van der Waals surface area contributed by atoms with E-state index in [1.54, 1.807) is 7.05 Å². The number of nitrogens with zero attached hydrogens (tertiary/aromatic N) is 4. The predicted molar refractivity (Wildman–Crippen MR) is 113 cm³/mol. The molecule has 2 saturated heterocycles. The Hall–Kier alpha value is -2.35. The van der Waals surface area contributed by atoms with Gasteiger partial charge in [-0.05, 0) is 38.3 Å². The molecule has 2 unspecified atom stereocenters. The van der Waals surface area contributed by atoms with E-state index in [2.05, 4.69) is 44.1 Å². The van der Waals surface area contributed by atoms with E-state index in [0.717, 1.165) is 56.4 Å². The van der Waals surface area contributed by atoms with Crippen LogP contribution in [-0.4, -0.2) is 74.4 Å². The zero-order valence-electron chi connectivity index (χ0n) is 17.8. The molecule has 3 heterocycles. The van der Waals surface area contributed by atoms with Crippen LogP contribution in [0.3, 0.4) is 0 Å². The second-order valence-corrected chi connectivity index (χ2v) is 7.59. The normalized spacial score (nSPS) is 23.1. The first-order valence-electron chi connectivity index (χ1n) is 10.5. The minimum Gasteiger partial charge on any atom is -0.466 e. The number of carbonyl (C=O) groups is 1. The monoisotopic (exact) mass is 403 g/mol. The van der Waals surface area contributed by atoms with Crippen molar-refractivity contribution in [2.24, 2.45) is 10.9 Å². The third-order valence-electron chi connectivity index (χ3n) is 5.38. The number of carbonyl (C=O) groups excluding carboxylic acids is 1. The van der Waals surface area contributed by atoms with Gasteiger partial charge in [0.05, 0.1) is 25.2 Å². The van der Waals surface area contributed by atoms with E-state index in [0.29, 0.717) is 19.7 Å². The van der Waals surface area contributed by atoms with Crippen molar-refractivity contribution in [1.82, 2.24) is 15.2 Å². The summed E-state index contributed by atoms with van der Waals surface area (Å²) in [5.41, 5.74) is 1.09. The maximum atomic E-state index is 12.1. The van der Waals surface area contributed by atoms with E-state index in [-0.39, 0.29) is 18.0 Å². The molecule has 0 spiro atoms. The first-order valence-corrected chi connectivity index (χ1v) is 10.5. The van der Waals surface area contributed by atoms with Crippen molar-refractivity contribution in [3.63, 3.8) is 0 Å². The highest BCUT2D eigenvalue weighted by atomic mass is 16.5. The van der Waals surface area contributed by atoms with Gasteiger partial charge in [0.25, 0.3) is 0 Å². The number of nitrogens with one attached hydrogen (secondary N) is 1. The number of pyridine rings is 1. The molecule has 0 amide bonds. The second kappa shape index (κ2) is 10.4. The Morgan fingerprint density at radius 2 is 2.24 bits per heavy atom. The van der Waals surface area contributed by atoms with Crippen LogP contribution in [0.4, 0.5) is 5.82 Å². The number of ether oxygens (including phenoxy) is 2. The Labute approximate surface area is 173 Å². The number of morpholine rings is 1. The van der Waals surface area contributed by atoms with Crippen LogP contribution in [0, 0.1) is 5.92 Å². The number of likely N-dealkylation sites (tertiary alicyclic amines) is 1. The highest BCUT2D eigenvalue weighted by Crippen LogP contribution is 2.19. The molecule has 1 aromatic rings. The van der Waals surface area contributed by atoms with E-state index < -0.39 is 0 Å². The lowest BCUT2D eigenvalue weighted by atomic mass is 9.98. The number of aliphatic imine (C=N–C) groups is 1. The molecule has 0 aromatic carbocycles. The summed E-state index contributed by atoms with van der Waals surface area (Å²) >= 11 is 0. The first-order chi connectivity index (χ1) is 14.1. The Balaban J connectivity index is 1.53. The lowest BCUT2D eigenvalue weighted by Gasteiger charge is -2.34. The lowest BCUT2D eigenvalue weighted by molar-refractivity contribution is -0.149. The van der Waals surface area contributed by atoms with Crippen LogP contribution in [0.15, 0.2) is 23.3 Å². The zero-order chi connectivity index (χ0) is 20.6. The Kier molecular flexibility index (Phi) is 7.69. The molecule has 3 rings (SSSR count). The minimum absolute atomic E-state index is 0.0842. The van der Waals surface area contributed by atoms with Crippen LogP contribution in [0.2, 0.25) is 0 Å². The number of rotatable bonds is 5. The van der Waals surface area contributed by atoms with Crippen molar-refractivity contribution in [1.29, 1.82) is 0 Å². The molecule has 2 fully saturated rings. The average Bonchev–Trinajstić information content (AvgIpc) is 2.75. The van der Waals surface area contributed by atoms with Gasteiger partial charge in [-0.25, -0.2) is 4.98 Å². The molecule has 1 N–H and O–H groups in total. The van der Waals surface area contributed by atoms with Crippen molar-refractivity contribution in [2.75, 3.05) is 51.3 Å². The standard InChI is InChI=1S/C21H33N5O3/c1-4-28-20(27)18-6-5-9-26(15-18)21(22-3)24-13-17-7-8-19(23-12-17)25-10-11-29-16(2)14-25/h7-8,12,16,18H,4-6,9-11,13-15H2,1-3H3,(H,22,24). The van der Waals surface area contributed by atoms with Gasteiger partial charge in [0, 0.05) is 46.0 Å². The summed E-state index contributed by atoms with van der Waals surface area (Å²) in [5, 5.41) is 3.40. The summed E-state index contributed by atoms with van der Waals surface area (Å²) in [6.45, 7) is 9.01. The number of hydrogen-bond acceptors (Lipinski definition) is 6. The van der Waals surface area contributed by atoms with Crippen LogP contribution in [-0.2, 0) is 20.8 Å². The number of esters is 1. The van der Waals surface area contributed by atoms with Gasteiger partial charge in [0.1, 0.15) is 5.82 Å². The largest absolute Gasteiger partial charge is 0.466 e. The van der Waals surface area contributed by atoms with E-state index in [1.807, 2.05) is 13.1 Å². The summed E-state index contributed by atoms with van der Waals surface area (Å²) in [6.07, 6.45) is 3.97. The first kappa shape index (κ1) is 21.4. The van der Waals surface area contributed by atoms with E-state index in [1.165, 1.54) is 0 Å². The summed E-state index contributed by atoms with van der Waals surface area (Å²) in [4.78, 5) is 25.5.